The normalized spacial score (nSPS) is 47.7. The van der Waals surface area contributed by atoms with Crippen molar-refractivity contribution in [2.24, 2.45) is 22.7 Å². The molecule has 3 nitrogen and oxygen atoms in total. The van der Waals surface area contributed by atoms with Crippen molar-refractivity contribution in [3.63, 3.8) is 0 Å². The molecule has 3 heteroatoms. The zero-order chi connectivity index (χ0) is 19.8. The highest BCUT2D eigenvalue weighted by Gasteiger charge is 2.71. The predicted molar refractivity (Wildman–Crippen MR) is 109 cm³/mol. The summed E-state index contributed by atoms with van der Waals surface area (Å²) in [5, 5.41) is 24.0. The summed E-state index contributed by atoms with van der Waals surface area (Å²) in [6, 6.07) is 9.96. The van der Waals surface area contributed by atoms with E-state index in [0.717, 1.165) is 31.2 Å². The lowest BCUT2D eigenvalue weighted by Gasteiger charge is -2.61. The highest BCUT2D eigenvalue weighted by atomic mass is 16.3. The van der Waals surface area contributed by atoms with Crippen LogP contribution in [0, 0.1) is 22.7 Å². The minimum atomic E-state index is -0.985. The molecule has 1 aromatic carbocycles. The van der Waals surface area contributed by atoms with Crippen molar-refractivity contribution in [1.29, 1.82) is 0 Å². The number of rotatable bonds is 1. The molecule has 3 saturated carbocycles. The average Bonchev–Trinajstić information content (AvgIpc) is 2.91. The van der Waals surface area contributed by atoms with Crippen LogP contribution in [0.2, 0.25) is 0 Å². The van der Waals surface area contributed by atoms with Crippen LogP contribution in [0.5, 0.6) is 0 Å². The van der Waals surface area contributed by atoms with Crippen LogP contribution in [0.15, 0.2) is 42.0 Å². The second kappa shape index (κ2) is 5.79. The van der Waals surface area contributed by atoms with Crippen LogP contribution in [0.1, 0.15) is 70.8 Å². The molecule has 0 bridgehead atoms. The fraction of sp³-hybridized carbons (Fsp3) is 0.640. The molecule has 4 aliphatic carbocycles. The van der Waals surface area contributed by atoms with Gasteiger partial charge in [-0.15, -0.1) is 0 Å². The molecule has 0 aromatic heterocycles. The van der Waals surface area contributed by atoms with Crippen LogP contribution in [-0.2, 0) is 10.4 Å². The van der Waals surface area contributed by atoms with E-state index in [1.807, 2.05) is 30.3 Å². The van der Waals surface area contributed by atoms with Gasteiger partial charge in [-0.3, -0.25) is 4.79 Å². The molecule has 4 aliphatic rings. The summed E-state index contributed by atoms with van der Waals surface area (Å²) < 4.78 is 0. The first kappa shape index (κ1) is 18.6. The number of carbonyl (C=O) groups is 1. The van der Waals surface area contributed by atoms with Crippen molar-refractivity contribution in [1.82, 2.24) is 0 Å². The molecule has 5 rings (SSSR count). The molecule has 0 heterocycles. The van der Waals surface area contributed by atoms with Gasteiger partial charge < -0.3 is 10.2 Å². The van der Waals surface area contributed by atoms with E-state index < -0.39 is 16.6 Å². The molecule has 1 aromatic rings. The van der Waals surface area contributed by atoms with Crippen molar-refractivity contribution < 1.29 is 15.0 Å². The number of Topliss-reactive ketones (excluding diaryl/α,β-unsaturated/α-hetero) is 1. The summed E-state index contributed by atoms with van der Waals surface area (Å²) in [6.07, 6.45) is 8.38. The molecule has 3 fully saturated rings. The fourth-order valence-corrected chi connectivity index (χ4v) is 7.64. The van der Waals surface area contributed by atoms with Gasteiger partial charge in [-0.05, 0) is 61.3 Å². The Morgan fingerprint density at radius 1 is 0.964 bits per heavy atom. The molecule has 1 unspecified atom stereocenters. The van der Waals surface area contributed by atoms with E-state index in [1.165, 1.54) is 5.57 Å². The molecule has 0 radical (unpaired) electrons. The smallest absolute Gasteiger partial charge is 0.136 e. The third-order valence-corrected chi connectivity index (χ3v) is 9.52. The largest absolute Gasteiger partial charge is 0.389 e. The second-order valence-corrected chi connectivity index (χ2v) is 10.3. The molecular weight excluding hydrogens is 348 g/mol. The molecule has 0 aliphatic heterocycles. The van der Waals surface area contributed by atoms with Crippen LogP contribution >= 0.6 is 0 Å². The highest BCUT2D eigenvalue weighted by molar-refractivity contribution is 5.82. The zero-order valence-electron chi connectivity index (χ0n) is 17.1. The third-order valence-electron chi connectivity index (χ3n) is 9.52. The number of benzene rings is 1. The van der Waals surface area contributed by atoms with Gasteiger partial charge in [0.05, 0.1) is 11.2 Å². The van der Waals surface area contributed by atoms with Crippen molar-refractivity contribution in [3.8, 4) is 0 Å². The molecule has 28 heavy (non-hydrogen) atoms. The van der Waals surface area contributed by atoms with Gasteiger partial charge in [0.1, 0.15) is 5.78 Å². The van der Waals surface area contributed by atoms with Gasteiger partial charge in [-0.25, -0.2) is 0 Å². The number of fused-ring (bicyclic) bond motifs is 5. The van der Waals surface area contributed by atoms with E-state index in [-0.39, 0.29) is 11.3 Å². The Hall–Kier alpha value is -1.45. The summed E-state index contributed by atoms with van der Waals surface area (Å²) in [6.45, 7) is 4.45. The quantitative estimate of drug-likeness (QED) is 0.704. The fourth-order valence-electron chi connectivity index (χ4n) is 7.64. The molecule has 150 valence electrons. The molecule has 0 spiro atoms. The maximum Gasteiger partial charge on any atom is 0.136 e. The maximum atomic E-state index is 12.2. The Bertz CT molecular complexity index is 845. The molecule has 0 saturated heterocycles. The number of hydrogen-bond acceptors (Lipinski definition) is 3. The summed E-state index contributed by atoms with van der Waals surface area (Å²) >= 11 is 0. The van der Waals surface area contributed by atoms with E-state index in [9.17, 15) is 15.0 Å². The van der Waals surface area contributed by atoms with Crippen molar-refractivity contribution in [3.05, 3.63) is 47.5 Å². The lowest BCUT2D eigenvalue weighted by molar-refractivity contribution is -0.217. The van der Waals surface area contributed by atoms with Gasteiger partial charge in [0, 0.05) is 18.3 Å². The Morgan fingerprint density at radius 2 is 1.71 bits per heavy atom. The van der Waals surface area contributed by atoms with E-state index in [1.54, 1.807) is 0 Å². The summed E-state index contributed by atoms with van der Waals surface area (Å²) in [7, 11) is 0. The first-order valence-corrected chi connectivity index (χ1v) is 11.0. The van der Waals surface area contributed by atoms with Crippen LogP contribution in [0.4, 0.5) is 0 Å². The summed E-state index contributed by atoms with van der Waals surface area (Å²) in [4.78, 5) is 12.0. The minimum Gasteiger partial charge on any atom is -0.389 e. The number of carbonyl (C=O) groups excluding carboxylic acids is 1. The topological polar surface area (TPSA) is 57.5 Å². The Labute approximate surface area is 167 Å². The van der Waals surface area contributed by atoms with Crippen LogP contribution < -0.4 is 0 Å². The maximum absolute atomic E-state index is 12.2. The molecular formula is C25H32O3. The van der Waals surface area contributed by atoms with E-state index in [2.05, 4.69) is 19.9 Å². The Balaban J connectivity index is 1.57. The van der Waals surface area contributed by atoms with Gasteiger partial charge >= 0.3 is 0 Å². The van der Waals surface area contributed by atoms with Gasteiger partial charge in [0.25, 0.3) is 0 Å². The summed E-state index contributed by atoms with van der Waals surface area (Å²) in [5.74, 6) is 0.920. The molecule has 6 atom stereocenters. The monoisotopic (exact) mass is 380 g/mol. The highest BCUT2D eigenvalue weighted by Crippen LogP contribution is 2.70. The van der Waals surface area contributed by atoms with Crippen molar-refractivity contribution >= 4 is 5.78 Å². The Morgan fingerprint density at radius 3 is 2.46 bits per heavy atom. The lowest BCUT2D eigenvalue weighted by atomic mass is 9.45. The lowest BCUT2D eigenvalue weighted by Crippen LogP contribution is -2.63. The zero-order valence-corrected chi connectivity index (χ0v) is 17.1. The second-order valence-electron chi connectivity index (χ2n) is 10.3. The van der Waals surface area contributed by atoms with Crippen molar-refractivity contribution in [2.45, 2.75) is 76.4 Å². The number of ketones is 1. The first-order chi connectivity index (χ1) is 13.2. The Kier molecular flexibility index (Phi) is 3.84. The third kappa shape index (κ3) is 2.10. The molecule has 2 N–H and O–H groups in total. The van der Waals surface area contributed by atoms with E-state index in [4.69, 9.17) is 0 Å². The van der Waals surface area contributed by atoms with E-state index in [0.29, 0.717) is 37.4 Å². The number of allylic oxidation sites excluding steroid dienone is 2. The van der Waals surface area contributed by atoms with Crippen LogP contribution in [0.3, 0.4) is 0 Å². The average molecular weight is 381 g/mol. The van der Waals surface area contributed by atoms with Gasteiger partial charge in [0.2, 0.25) is 0 Å². The summed E-state index contributed by atoms with van der Waals surface area (Å²) in [5.41, 5.74) is -0.119. The SMILES string of the molecule is C[C@]12CCC(=O)CC1=CC[C@@H]1[C@H]2CC[C@]2(C)C(O)(c3ccccc3)CC[C@@]12O. The number of hydrogen-bond donors (Lipinski definition) is 2. The standard InChI is InChI=1S/C25H32O3/c1-22-12-10-19(26)16-18(22)8-9-21-20(22)11-13-23(2)24(27,14-15-25(21,23)28)17-6-4-3-5-7-17/h3-8,20-21,27-28H,9-16H2,1-2H3/t20-,21-,22+,23-,24?,25-/m1/s1. The van der Waals surface area contributed by atoms with Crippen molar-refractivity contribution in [2.75, 3.05) is 0 Å². The van der Waals surface area contributed by atoms with Crippen LogP contribution in [0.25, 0.3) is 0 Å². The van der Waals surface area contributed by atoms with Gasteiger partial charge in [0.15, 0.2) is 0 Å². The molecule has 0 amide bonds. The van der Waals surface area contributed by atoms with Gasteiger partial charge in [-0.2, -0.15) is 0 Å². The van der Waals surface area contributed by atoms with E-state index >= 15 is 0 Å². The van der Waals surface area contributed by atoms with Gasteiger partial charge in [-0.1, -0.05) is 55.8 Å². The number of aliphatic hydroxyl groups is 2. The van der Waals surface area contributed by atoms with Crippen LogP contribution in [-0.4, -0.2) is 21.6 Å². The minimum absolute atomic E-state index is 0.0291. The predicted octanol–water partition coefficient (Wildman–Crippen LogP) is 4.52. The first-order valence-electron chi connectivity index (χ1n) is 11.0.